The van der Waals surface area contributed by atoms with Crippen molar-refractivity contribution in [3.8, 4) is 11.5 Å². The van der Waals surface area contributed by atoms with Crippen LogP contribution in [0.1, 0.15) is 6.92 Å². The van der Waals surface area contributed by atoms with E-state index in [0.29, 0.717) is 12.4 Å². The Balaban J connectivity index is 2.07. The van der Waals surface area contributed by atoms with E-state index in [-0.39, 0.29) is 11.2 Å². The highest BCUT2D eigenvalue weighted by atomic mass is 32.1. The maximum Gasteiger partial charge on any atom is 0.184 e. The summed E-state index contributed by atoms with van der Waals surface area (Å²) in [5.41, 5.74) is 8.55. The van der Waals surface area contributed by atoms with Crippen LogP contribution in [0.4, 0.5) is 0 Å². The fourth-order valence-corrected chi connectivity index (χ4v) is 1.49. The van der Waals surface area contributed by atoms with Crippen molar-refractivity contribution in [2.24, 2.45) is 10.8 Å². The summed E-state index contributed by atoms with van der Waals surface area (Å²) in [6.07, 6.45) is -0.230. The van der Waals surface area contributed by atoms with Crippen molar-refractivity contribution >= 4 is 23.0 Å². The summed E-state index contributed by atoms with van der Waals surface area (Å²) >= 11 is 4.67. The number of para-hydroxylation sites is 2. The molecule has 1 aromatic rings. The van der Waals surface area contributed by atoms with Crippen molar-refractivity contribution in [1.29, 1.82) is 0 Å². The van der Waals surface area contributed by atoms with Gasteiger partial charge in [-0.2, -0.15) is 5.10 Å². The van der Waals surface area contributed by atoms with Gasteiger partial charge in [-0.15, -0.1) is 0 Å². The summed E-state index contributed by atoms with van der Waals surface area (Å²) in [7, 11) is 0. The largest absolute Gasteiger partial charge is 0.485 e. The molecule has 6 heteroatoms. The number of nitrogens with zero attached hydrogens (tertiary/aromatic N) is 1. The molecule has 0 radical (unpaired) electrons. The van der Waals surface area contributed by atoms with Gasteiger partial charge in [0, 0.05) is 0 Å². The molecule has 0 saturated heterocycles. The van der Waals surface area contributed by atoms with Crippen molar-refractivity contribution in [3.63, 3.8) is 0 Å². The highest BCUT2D eigenvalue weighted by molar-refractivity contribution is 7.80. The topological polar surface area (TPSA) is 68.9 Å². The third-order valence-electron chi connectivity index (χ3n) is 2.32. The van der Waals surface area contributed by atoms with Gasteiger partial charge in [0.25, 0.3) is 0 Å². The molecular weight excluding hydrogens is 238 g/mol. The lowest BCUT2D eigenvalue weighted by Crippen LogP contribution is -2.37. The van der Waals surface area contributed by atoms with Crippen molar-refractivity contribution < 1.29 is 9.47 Å². The van der Waals surface area contributed by atoms with Crippen molar-refractivity contribution in [2.45, 2.75) is 13.0 Å². The molecule has 1 aliphatic heterocycles. The average molecular weight is 251 g/mol. The normalized spacial score (nSPS) is 18.6. The minimum absolute atomic E-state index is 0.126. The van der Waals surface area contributed by atoms with Crippen LogP contribution in [0.25, 0.3) is 0 Å². The summed E-state index contributed by atoms with van der Waals surface area (Å²) in [6, 6.07) is 7.52. The third kappa shape index (κ3) is 2.85. The molecule has 5 nitrogen and oxygen atoms in total. The summed E-state index contributed by atoms with van der Waals surface area (Å²) in [4.78, 5) is 0. The van der Waals surface area contributed by atoms with Gasteiger partial charge < -0.3 is 15.2 Å². The van der Waals surface area contributed by atoms with Crippen LogP contribution in [0, 0.1) is 0 Å². The number of rotatable bonds is 2. The third-order valence-corrected chi connectivity index (χ3v) is 2.41. The summed E-state index contributed by atoms with van der Waals surface area (Å²) in [5, 5.41) is 4.14. The molecule has 90 valence electrons. The summed E-state index contributed by atoms with van der Waals surface area (Å²) in [6.45, 7) is 2.25. The second-order valence-electron chi connectivity index (χ2n) is 3.59. The van der Waals surface area contributed by atoms with E-state index in [1.165, 1.54) is 0 Å². The number of benzene rings is 1. The first-order valence-electron chi connectivity index (χ1n) is 5.15. The van der Waals surface area contributed by atoms with Gasteiger partial charge in [-0.1, -0.05) is 12.1 Å². The number of hydrogen-bond donors (Lipinski definition) is 2. The summed E-state index contributed by atoms with van der Waals surface area (Å²) < 4.78 is 11.3. The van der Waals surface area contributed by atoms with E-state index in [0.717, 1.165) is 11.5 Å². The summed E-state index contributed by atoms with van der Waals surface area (Å²) in [5.74, 6) is 1.47. The molecule has 1 atom stereocenters. The van der Waals surface area contributed by atoms with Crippen LogP contribution in [0.15, 0.2) is 29.4 Å². The number of ether oxygens (including phenoxy) is 2. The van der Waals surface area contributed by atoms with Gasteiger partial charge in [0.1, 0.15) is 6.61 Å². The van der Waals surface area contributed by atoms with Crippen molar-refractivity contribution in [1.82, 2.24) is 5.43 Å². The first kappa shape index (κ1) is 11.7. The van der Waals surface area contributed by atoms with E-state index in [2.05, 4.69) is 22.7 Å². The molecule has 2 rings (SSSR count). The van der Waals surface area contributed by atoms with Gasteiger partial charge in [0.05, 0.1) is 5.71 Å². The zero-order valence-corrected chi connectivity index (χ0v) is 10.2. The first-order valence-corrected chi connectivity index (χ1v) is 5.56. The van der Waals surface area contributed by atoms with Crippen LogP contribution in [-0.4, -0.2) is 23.5 Å². The average Bonchev–Trinajstić information content (AvgIpc) is 2.35. The minimum Gasteiger partial charge on any atom is -0.485 e. The molecule has 0 bridgehead atoms. The van der Waals surface area contributed by atoms with E-state index in [1.807, 2.05) is 31.2 Å². The second-order valence-corrected chi connectivity index (χ2v) is 4.03. The molecule has 0 fully saturated rings. The van der Waals surface area contributed by atoms with E-state index in [4.69, 9.17) is 15.2 Å². The number of hydrazone groups is 1. The molecule has 3 N–H and O–H groups in total. The van der Waals surface area contributed by atoms with Crippen molar-refractivity contribution in [2.75, 3.05) is 6.61 Å². The number of hydrogen-bond acceptors (Lipinski definition) is 4. The van der Waals surface area contributed by atoms with E-state index < -0.39 is 0 Å². The smallest absolute Gasteiger partial charge is 0.184 e. The minimum atomic E-state index is -0.230. The Morgan fingerprint density at radius 1 is 1.47 bits per heavy atom. The standard InChI is InChI=1S/C11H13N3O2S/c1-7(13-14-11(12)17)10-6-15-8-4-2-3-5-9(8)16-10/h2-5,10H,6H2,1H3,(H3,12,14,17)/b13-7-/t10-/m0/s1. The number of nitrogens with two attached hydrogens (primary N) is 1. The lowest BCUT2D eigenvalue weighted by atomic mass is 10.2. The molecule has 0 spiro atoms. The van der Waals surface area contributed by atoms with Gasteiger partial charge in [0.15, 0.2) is 22.7 Å². The number of nitrogens with one attached hydrogen (secondary N) is 1. The predicted octanol–water partition coefficient (Wildman–Crippen LogP) is 1.04. The molecule has 0 saturated carbocycles. The van der Waals surface area contributed by atoms with Gasteiger partial charge in [0.2, 0.25) is 0 Å². The lowest BCUT2D eigenvalue weighted by Gasteiger charge is -2.26. The predicted molar refractivity (Wildman–Crippen MR) is 69.4 cm³/mol. The maximum absolute atomic E-state index is 5.75. The molecule has 0 aromatic heterocycles. The molecule has 0 aliphatic carbocycles. The monoisotopic (exact) mass is 251 g/mol. The molecule has 1 aliphatic rings. The van der Waals surface area contributed by atoms with E-state index in [1.54, 1.807) is 0 Å². The van der Waals surface area contributed by atoms with Crippen LogP contribution < -0.4 is 20.6 Å². The fourth-order valence-electron chi connectivity index (χ4n) is 1.44. The van der Waals surface area contributed by atoms with E-state index >= 15 is 0 Å². The zero-order valence-electron chi connectivity index (χ0n) is 9.34. The zero-order chi connectivity index (χ0) is 12.3. The number of thiocarbonyl (C=S) groups is 1. The molecule has 0 amide bonds. The van der Waals surface area contributed by atoms with Crippen LogP contribution in [0.3, 0.4) is 0 Å². The molecule has 1 aromatic carbocycles. The SMILES string of the molecule is C/C(=N/NC(N)=S)[C@@H]1COc2ccccc2O1. The van der Waals surface area contributed by atoms with Gasteiger partial charge in [-0.3, -0.25) is 5.43 Å². The lowest BCUT2D eigenvalue weighted by molar-refractivity contribution is 0.134. The fraction of sp³-hybridized carbons (Fsp3) is 0.273. The highest BCUT2D eigenvalue weighted by Crippen LogP contribution is 2.30. The maximum atomic E-state index is 5.75. The Labute approximate surface area is 105 Å². The van der Waals surface area contributed by atoms with Crippen LogP contribution in [0.2, 0.25) is 0 Å². The Hall–Kier alpha value is -1.82. The highest BCUT2D eigenvalue weighted by Gasteiger charge is 2.22. The molecule has 1 heterocycles. The van der Waals surface area contributed by atoms with Crippen LogP contribution in [0.5, 0.6) is 11.5 Å². The number of fused-ring (bicyclic) bond motifs is 1. The van der Waals surface area contributed by atoms with Gasteiger partial charge in [-0.05, 0) is 31.3 Å². The van der Waals surface area contributed by atoms with Gasteiger partial charge >= 0.3 is 0 Å². The Kier molecular flexibility index (Phi) is 3.43. The van der Waals surface area contributed by atoms with Gasteiger partial charge in [-0.25, -0.2) is 0 Å². The quantitative estimate of drug-likeness (QED) is 0.467. The Morgan fingerprint density at radius 3 is 2.88 bits per heavy atom. The first-order chi connectivity index (χ1) is 8.16. The van der Waals surface area contributed by atoms with Crippen LogP contribution in [-0.2, 0) is 0 Å². The molecular formula is C11H13N3O2S. The Bertz CT molecular complexity index is 462. The van der Waals surface area contributed by atoms with Crippen LogP contribution >= 0.6 is 12.2 Å². The second kappa shape index (κ2) is 5.01. The van der Waals surface area contributed by atoms with E-state index in [9.17, 15) is 0 Å². The molecule has 0 unspecified atom stereocenters. The molecule has 17 heavy (non-hydrogen) atoms. The Morgan fingerprint density at radius 2 is 2.18 bits per heavy atom. The van der Waals surface area contributed by atoms with Crippen molar-refractivity contribution in [3.05, 3.63) is 24.3 Å².